The maximum absolute atomic E-state index is 16.5. The molecule has 1 spiro atoms. The molecule has 5 saturated heterocycles. The molecule has 15 nitrogen and oxygen atoms in total. The third-order valence-corrected chi connectivity index (χ3v) is 17.2. The molecule has 62 heavy (non-hydrogen) atoms. The molecule has 0 radical (unpaired) electrons. The molecule has 4 saturated carbocycles. The standard InChI is InChI=1S/C47H76N6O9/c1-59-29-30-61-46(58)52-35-19-10-9-18-34(35)47(44(52)57)37(42(55)50-23-25-51(26-24-50)45-48-21-12-22-49-45)39-43(56)62-40(32-15-6-3-7-16-32)38(31-13-4-2-5-14-31)53(39)41(47)33-17-8-11-20-36(33)60-28-27-54/h31-41,45,48-49,54H,2-30H2,1H3/t33?,34?,35?,36?,37-,38-,39-,40+,41+,47-/m1/s1. The third-order valence-electron chi connectivity index (χ3n) is 17.2. The Hall–Kier alpha value is -2.40. The largest absolute Gasteiger partial charge is 0.459 e. The van der Waals surface area contributed by atoms with Crippen molar-refractivity contribution in [3.05, 3.63) is 0 Å². The average Bonchev–Trinajstić information content (AvgIpc) is 3.78. The first-order chi connectivity index (χ1) is 30.4. The van der Waals surface area contributed by atoms with Crippen LogP contribution in [-0.2, 0) is 33.3 Å². The van der Waals surface area contributed by atoms with Crippen molar-refractivity contribution in [2.24, 2.45) is 35.0 Å². The normalized spacial score (nSPS) is 38.3. The number of esters is 1. The Bertz CT molecular complexity index is 1560. The number of nitrogens with zero attached hydrogens (tertiary/aromatic N) is 4. The van der Waals surface area contributed by atoms with Gasteiger partial charge in [-0.3, -0.25) is 34.8 Å². The number of aliphatic hydroxyl groups excluding tert-OH is 1. The molecule has 0 aromatic carbocycles. The summed E-state index contributed by atoms with van der Waals surface area (Å²) < 4.78 is 24.7. The number of carbonyl (C=O) groups excluding carboxylic acids is 4. The fraction of sp³-hybridized carbons (Fsp3) is 0.915. The first kappa shape index (κ1) is 44.8. The van der Waals surface area contributed by atoms with Gasteiger partial charge in [-0.25, -0.2) is 9.69 Å². The summed E-state index contributed by atoms with van der Waals surface area (Å²) in [5.74, 6) is -2.00. The van der Waals surface area contributed by atoms with Crippen molar-refractivity contribution in [3.8, 4) is 0 Å². The van der Waals surface area contributed by atoms with E-state index in [0.717, 1.165) is 109 Å². The molecule has 4 aliphatic carbocycles. The molecular weight excluding hydrogens is 793 g/mol. The molecular formula is C47H76N6O9. The minimum atomic E-state index is -1.40. The van der Waals surface area contributed by atoms with Crippen molar-refractivity contribution >= 4 is 23.9 Å². The van der Waals surface area contributed by atoms with Gasteiger partial charge in [0.05, 0.1) is 43.3 Å². The van der Waals surface area contributed by atoms with Gasteiger partial charge in [0.1, 0.15) is 25.0 Å². The zero-order chi connectivity index (χ0) is 42.8. The highest BCUT2D eigenvalue weighted by Crippen LogP contribution is 2.66. The van der Waals surface area contributed by atoms with Crippen LogP contribution in [0.15, 0.2) is 0 Å². The summed E-state index contributed by atoms with van der Waals surface area (Å²) in [5.41, 5.74) is -1.40. The molecule has 5 heterocycles. The molecule has 0 bridgehead atoms. The van der Waals surface area contributed by atoms with E-state index in [1.807, 2.05) is 4.90 Å². The summed E-state index contributed by atoms with van der Waals surface area (Å²) in [4.78, 5) is 70.8. The third kappa shape index (κ3) is 8.14. The molecule has 3 N–H and O–H groups in total. The van der Waals surface area contributed by atoms with E-state index in [-0.39, 0.29) is 92.4 Å². The summed E-state index contributed by atoms with van der Waals surface area (Å²) in [6.45, 7) is 4.42. The Morgan fingerprint density at radius 1 is 0.774 bits per heavy atom. The van der Waals surface area contributed by atoms with Crippen LogP contribution >= 0.6 is 0 Å². The van der Waals surface area contributed by atoms with E-state index in [1.165, 1.54) is 17.7 Å². The van der Waals surface area contributed by atoms with E-state index >= 15 is 14.4 Å². The van der Waals surface area contributed by atoms with Gasteiger partial charge in [-0.2, -0.15) is 0 Å². The Morgan fingerprint density at radius 3 is 2.15 bits per heavy atom. The van der Waals surface area contributed by atoms with Gasteiger partial charge in [0.25, 0.3) is 0 Å². The van der Waals surface area contributed by atoms with Crippen LogP contribution in [0.5, 0.6) is 0 Å². The van der Waals surface area contributed by atoms with Gasteiger partial charge in [-0.15, -0.1) is 0 Å². The Morgan fingerprint density at radius 2 is 1.44 bits per heavy atom. The quantitative estimate of drug-likeness (QED) is 0.203. The fourth-order valence-electron chi connectivity index (χ4n) is 14.7. The number of methoxy groups -OCH3 is 1. The van der Waals surface area contributed by atoms with E-state index in [4.69, 9.17) is 18.9 Å². The second-order valence-electron chi connectivity index (χ2n) is 20.3. The molecule has 9 rings (SSSR count). The summed E-state index contributed by atoms with van der Waals surface area (Å²) in [6, 6.07) is -2.11. The van der Waals surface area contributed by atoms with E-state index in [0.29, 0.717) is 39.0 Å². The number of cyclic esters (lactones) is 1. The van der Waals surface area contributed by atoms with Gasteiger partial charge in [-0.05, 0) is 88.6 Å². The zero-order valence-corrected chi connectivity index (χ0v) is 37.4. The first-order valence-electron chi connectivity index (χ1n) is 25.1. The maximum atomic E-state index is 16.5. The molecule has 9 fully saturated rings. The molecule has 4 unspecified atom stereocenters. The summed E-state index contributed by atoms with van der Waals surface area (Å²) >= 11 is 0. The SMILES string of the molecule is COCCOC(=O)N1C(=O)[C@@]2(C3CCCCC31)[C@H](C1CCCCC1OCCO)N1[C@H](C3CCCCC3)[C@H](C3CCCCC3)OC(=O)[C@H]1[C@@H]2C(=O)N1CCN(C2NCCCN2)CC1. The highest BCUT2D eigenvalue weighted by Gasteiger charge is 2.80. The van der Waals surface area contributed by atoms with Crippen molar-refractivity contribution in [2.75, 3.05) is 72.8 Å². The smallest absolute Gasteiger partial charge is 0.416 e. The fourth-order valence-corrected chi connectivity index (χ4v) is 14.7. The maximum Gasteiger partial charge on any atom is 0.416 e. The van der Waals surface area contributed by atoms with Gasteiger partial charge in [0.2, 0.25) is 11.8 Å². The molecule has 348 valence electrons. The van der Waals surface area contributed by atoms with Crippen molar-refractivity contribution in [1.82, 2.24) is 30.2 Å². The lowest BCUT2D eigenvalue weighted by atomic mass is 9.56. The summed E-state index contributed by atoms with van der Waals surface area (Å²) in [7, 11) is 1.56. The number of carbonyl (C=O) groups is 4. The number of amides is 3. The van der Waals surface area contributed by atoms with Crippen molar-refractivity contribution in [3.63, 3.8) is 0 Å². The van der Waals surface area contributed by atoms with Crippen molar-refractivity contribution < 1.29 is 43.2 Å². The lowest BCUT2D eigenvalue weighted by Crippen LogP contribution is -2.67. The van der Waals surface area contributed by atoms with E-state index in [1.54, 1.807) is 7.11 Å². The lowest BCUT2D eigenvalue weighted by Gasteiger charge is -2.54. The Kier molecular flexibility index (Phi) is 14.4. The molecule has 9 aliphatic rings. The number of nitrogens with one attached hydrogen (secondary N) is 2. The number of imide groups is 1. The number of rotatable bonds is 11. The lowest BCUT2D eigenvalue weighted by molar-refractivity contribution is -0.193. The van der Waals surface area contributed by atoms with Gasteiger partial charge >= 0.3 is 12.1 Å². The van der Waals surface area contributed by atoms with Crippen LogP contribution in [0.4, 0.5) is 4.79 Å². The van der Waals surface area contributed by atoms with Crippen LogP contribution in [0.2, 0.25) is 0 Å². The number of piperazine rings is 1. The van der Waals surface area contributed by atoms with Crippen molar-refractivity contribution in [1.29, 1.82) is 0 Å². The van der Waals surface area contributed by atoms with E-state index in [2.05, 4.69) is 20.4 Å². The van der Waals surface area contributed by atoms with Crippen LogP contribution in [0.1, 0.15) is 122 Å². The number of fused-ring (bicyclic) bond motifs is 3. The summed E-state index contributed by atoms with van der Waals surface area (Å²) in [6.07, 6.45) is 17.1. The van der Waals surface area contributed by atoms with Crippen LogP contribution in [0, 0.1) is 35.0 Å². The van der Waals surface area contributed by atoms with Crippen LogP contribution < -0.4 is 10.6 Å². The molecule has 5 aliphatic heterocycles. The second-order valence-corrected chi connectivity index (χ2v) is 20.3. The highest BCUT2D eigenvalue weighted by molar-refractivity contribution is 6.04. The van der Waals surface area contributed by atoms with E-state index in [9.17, 15) is 9.90 Å². The topological polar surface area (TPSA) is 162 Å². The van der Waals surface area contributed by atoms with Crippen LogP contribution in [0.3, 0.4) is 0 Å². The van der Waals surface area contributed by atoms with Gasteiger partial charge in [-0.1, -0.05) is 64.2 Å². The average molecular weight is 869 g/mol. The molecule has 3 amide bonds. The molecule has 15 heteroatoms. The predicted molar refractivity (Wildman–Crippen MR) is 229 cm³/mol. The number of ether oxygens (including phenoxy) is 4. The van der Waals surface area contributed by atoms with Crippen LogP contribution in [0.25, 0.3) is 0 Å². The first-order valence-corrected chi connectivity index (χ1v) is 25.1. The Balaban J connectivity index is 1.21. The van der Waals surface area contributed by atoms with Gasteiger partial charge < -0.3 is 29.0 Å². The van der Waals surface area contributed by atoms with E-state index < -0.39 is 35.6 Å². The minimum absolute atomic E-state index is 0.0118. The monoisotopic (exact) mass is 869 g/mol. The number of aliphatic hydroxyl groups is 1. The number of hydrogen-bond acceptors (Lipinski definition) is 13. The van der Waals surface area contributed by atoms with Gasteiger partial charge in [0, 0.05) is 51.3 Å². The zero-order valence-electron chi connectivity index (χ0n) is 37.4. The van der Waals surface area contributed by atoms with Crippen LogP contribution in [-0.4, -0.2) is 164 Å². The van der Waals surface area contributed by atoms with Crippen molar-refractivity contribution in [2.45, 2.75) is 165 Å². The molecule has 0 aromatic heterocycles. The number of likely N-dealkylation sites (tertiary alicyclic amines) is 1. The summed E-state index contributed by atoms with van der Waals surface area (Å²) in [5, 5.41) is 17.3. The Labute approximate surface area is 369 Å². The predicted octanol–water partition coefficient (Wildman–Crippen LogP) is 3.86. The number of hydrogen-bond donors (Lipinski definition) is 3. The molecule has 0 aromatic rings. The number of morpholine rings is 1. The van der Waals surface area contributed by atoms with Gasteiger partial charge in [0.15, 0.2) is 0 Å². The minimum Gasteiger partial charge on any atom is -0.459 e. The molecule has 10 atom stereocenters. The second kappa shape index (κ2) is 20.0. The highest BCUT2D eigenvalue weighted by atomic mass is 16.6.